The molecule has 1 fully saturated rings. The fourth-order valence-corrected chi connectivity index (χ4v) is 5.25. The normalized spacial score (nSPS) is 21.2. The highest BCUT2D eigenvalue weighted by molar-refractivity contribution is 7.91. The number of nitrogens with one attached hydrogen (secondary N) is 1. The molecule has 2 aliphatic rings. The Bertz CT molecular complexity index is 935. The van der Waals surface area contributed by atoms with E-state index < -0.39 is 9.84 Å². The maximum Gasteiger partial charge on any atom is 0.272 e. The Balaban J connectivity index is 1.63. The standard InChI is InChI=1S/C17H18FN3O3S/c18-11-4-6-13(7-5-11)21-15-3-1-2-14(15)16(20-21)17(22)19-12-8-9-25(23,24)10-12/h4-7,12H,1-3,8-10H2,(H,19,22). The lowest BCUT2D eigenvalue weighted by atomic mass is 10.1. The molecule has 2 aromatic rings. The van der Waals surface area contributed by atoms with Crippen LogP contribution in [0, 0.1) is 5.82 Å². The van der Waals surface area contributed by atoms with Crippen LogP contribution in [-0.4, -0.2) is 41.7 Å². The van der Waals surface area contributed by atoms with Crippen LogP contribution >= 0.6 is 0 Å². The minimum atomic E-state index is -3.05. The van der Waals surface area contributed by atoms with Crippen LogP contribution in [0.15, 0.2) is 24.3 Å². The minimum absolute atomic E-state index is 0.0143. The van der Waals surface area contributed by atoms with Crippen molar-refractivity contribution < 1.29 is 17.6 Å². The molecule has 1 atom stereocenters. The molecule has 0 radical (unpaired) electrons. The number of hydrogen-bond donors (Lipinski definition) is 1. The van der Waals surface area contributed by atoms with Gasteiger partial charge in [0.25, 0.3) is 5.91 Å². The van der Waals surface area contributed by atoms with Gasteiger partial charge in [-0.3, -0.25) is 4.79 Å². The third kappa shape index (κ3) is 3.06. The Morgan fingerprint density at radius 1 is 1.24 bits per heavy atom. The first kappa shape index (κ1) is 16.3. The second-order valence-corrected chi connectivity index (χ2v) is 8.82. The van der Waals surface area contributed by atoms with E-state index in [-0.39, 0.29) is 29.3 Å². The Labute approximate surface area is 145 Å². The van der Waals surface area contributed by atoms with Gasteiger partial charge in [0.1, 0.15) is 5.82 Å². The zero-order valence-corrected chi connectivity index (χ0v) is 14.4. The number of halogens is 1. The van der Waals surface area contributed by atoms with Gasteiger partial charge in [-0.15, -0.1) is 0 Å². The van der Waals surface area contributed by atoms with Crippen molar-refractivity contribution >= 4 is 15.7 Å². The second-order valence-electron chi connectivity index (χ2n) is 6.59. The summed E-state index contributed by atoms with van der Waals surface area (Å²) >= 11 is 0. The molecule has 0 spiro atoms. The highest BCUT2D eigenvalue weighted by atomic mass is 32.2. The second kappa shape index (κ2) is 5.94. The summed E-state index contributed by atoms with van der Waals surface area (Å²) in [5.41, 5.74) is 2.93. The molecule has 8 heteroatoms. The van der Waals surface area contributed by atoms with Gasteiger partial charge in [0.2, 0.25) is 0 Å². The molecule has 1 aliphatic heterocycles. The van der Waals surface area contributed by atoms with Crippen LogP contribution in [0.5, 0.6) is 0 Å². The molecule has 132 valence electrons. The molecule has 0 bridgehead atoms. The lowest BCUT2D eigenvalue weighted by molar-refractivity contribution is 0.0934. The van der Waals surface area contributed by atoms with Crippen molar-refractivity contribution in [3.05, 3.63) is 47.0 Å². The number of carbonyl (C=O) groups excluding carboxylic acids is 1. The number of benzene rings is 1. The first-order valence-corrected chi connectivity index (χ1v) is 10.1. The van der Waals surface area contributed by atoms with E-state index in [0.29, 0.717) is 17.8 Å². The SMILES string of the molecule is O=C(NC1CCS(=O)(=O)C1)c1nn(-c2ccc(F)cc2)c2c1CCC2. The van der Waals surface area contributed by atoms with E-state index in [2.05, 4.69) is 10.4 Å². The van der Waals surface area contributed by atoms with E-state index in [9.17, 15) is 17.6 Å². The largest absolute Gasteiger partial charge is 0.347 e. The molecule has 1 unspecified atom stereocenters. The first-order chi connectivity index (χ1) is 11.9. The van der Waals surface area contributed by atoms with Crippen molar-refractivity contribution in [1.82, 2.24) is 15.1 Å². The Hall–Kier alpha value is -2.22. The third-order valence-corrected chi connectivity index (χ3v) is 6.55. The van der Waals surface area contributed by atoms with Gasteiger partial charge in [0, 0.05) is 17.3 Å². The quantitative estimate of drug-likeness (QED) is 0.894. The number of rotatable bonds is 3. The van der Waals surface area contributed by atoms with Gasteiger partial charge in [-0.2, -0.15) is 5.10 Å². The fraction of sp³-hybridized carbons (Fsp3) is 0.412. The average Bonchev–Trinajstić information content (AvgIpc) is 3.23. The van der Waals surface area contributed by atoms with Gasteiger partial charge in [-0.1, -0.05) is 0 Å². The molecule has 0 saturated carbocycles. The first-order valence-electron chi connectivity index (χ1n) is 8.31. The Morgan fingerprint density at radius 3 is 2.68 bits per heavy atom. The number of aromatic nitrogens is 2. The van der Waals surface area contributed by atoms with E-state index in [0.717, 1.165) is 30.5 Å². The smallest absolute Gasteiger partial charge is 0.272 e. The Kier molecular flexibility index (Phi) is 3.87. The van der Waals surface area contributed by atoms with Gasteiger partial charge in [-0.25, -0.2) is 17.5 Å². The predicted octanol–water partition coefficient (Wildman–Crippen LogP) is 1.42. The third-order valence-electron chi connectivity index (χ3n) is 4.78. The highest BCUT2D eigenvalue weighted by Crippen LogP contribution is 2.28. The van der Waals surface area contributed by atoms with E-state index >= 15 is 0 Å². The van der Waals surface area contributed by atoms with Crippen molar-refractivity contribution in [2.75, 3.05) is 11.5 Å². The zero-order chi connectivity index (χ0) is 17.6. The van der Waals surface area contributed by atoms with Crippen LogP contribution < -0.4 is 5.32 Å². The molecule has 1 aromatic heterocycles. The van der Waals surface area contributed by atoms with Crippen LogP contribution in [0.4, 0.5) is 4.39 Å². The number of hydrogen-bond acceptors (Lipinski definition) is 4. The fourth-order valence-electron chi connectivity index (χ4n) is 3.58. The van der Waals surface area contributed by atoms with Gasteiger partial charge < -0.3 is 5.32 Å². The summed E-state index contributed by atoms with van der Waals surface area (Å²) in [6, 6.07) is 5.63. The van der Waals surface area contributed by atoms with Gasteiger partial charge in [-0.05, 0) is 49.9 Å². The summed E-state index contributed by atoms with van der Waals surface area (Å²) in [7, 11) is -3.05. The molecule has 2 heterocycles. The van der Waals surface area contributed by atoms with Gasteiger partial charge in [0.15, 0.2) is 15.5 Å². The molecule has 25 heavy (non-hydrogen) atoms. The molecule has 1 amide bonds. The van der Waals surface area contributed by atoms with Crippen LogP contribution in [-0.2, 0) is 22.7 Å². The van der Waals surface area contributed by atoms with Crippen molar-refractivity contribution in [2.45, 2.75) is 31.7 Å². The monoisotopic (exact) mass is 363 g/mol. The molecule has 1 saturated heterocycles. The van der Waals surface area contributed by atoms with E-state index in [1.165, 1.54) is 12.1 Å². The van der Waals surface area contributed by atoms with Crippen LogP contribution in [0.25, 0.3) is 5.69 Å². The van der Waals surface area contributed by atoms with Crippen molar-refractivity contribution in [2.24, 2.45) is 0 Å². The lowest BCUT2D eigenvalue weighted by Crippen LogP contribution is -2.36. The summed E-state index contributed by atoms with van der Waals surface area (Å²) in [5.74, 6) is -0.561. The number of amides is 1. The summed E-state index contributed by atoms with van der Waals surface area (Å²) in [6.07, 6.45) is 2.95. The number of nitrogens with zero attached hydrogens (tertiary/aromatic N) is 2. The molecular weight excluding hydrogens is 345 g/mol. The minimum Gasteiger partial charge on any atom is -0.347 e. The van der Waals surface area contributed by atoms with E-state index in [1.807, 2.05) is 0 Å². The summed E-state index contributed by atoms with van der Waals surface area (Å²) in [5, 5.41) is 7.24. The maximum absolute atomic E-state index is 13.2. The average molecular weight is 363 g/mol. The van der Waals surface area contributed by atoms with Crippen molar-refractivity contribution in [3.63, 3.8) is 0 Å². The number of sulfone groups is 1. The molecule has 4 rings (SSSR count). The zero-order valence-electron chi connectivity index (χ0n) is 13.5. The van der Waals surface area contributed by atoms with Gasteiger partial charge >= 0.3 is 0 Å². The number of carbonyl (C=O) groups is 1. The molecule has 1 aromatic carbocycles. The Morgan fingerprint density at radius 2 is 2.00 bits per heavy atom. The predicted molar refractivity (Wildman–Crippen MR) is 90.1 cm³/mol. The van der Waals surface area contributed by atoms with E-state index in [4.69, 9.17) is 0 Å². The van der Waals surface area contributed by atoms with Crippen molar-refractivity contribution in [3.8, 4) is 5.69 Å². The van der Waals surface area contributed by atoms with E-state index in [1.54, 1.807) is 16.8 Å². The van der Waals surface area contributed by atoms with Crippen LogP contribution in [0.2, 0.25) is 0 Å². The van der Waals surface area contributed by atoms with Gasteiger partial charge in [0.05, 0.1) is 17.2 Å². The summed E-state index contributed by atoms with van der Waals surface area (Å²) in [4.78, 5) is 12.6. The van der Waals surface area contributed by atoms with Crippen LogP contribution in [0.3, 0.4) is 0 Å². The van der Waals surface area contributed by atoms with Crippen molar-refractivity contribution in [1.29, 1.82) is 0 Å². The molecular formula is C17H18FN3O3S. The topological polar surface area (TPSA) is 81.1 Å². The molecule has 1 N–H and O–H groups in total. The maximum atomic E-state index is 13.2. The summed E-state index contributed by atoms with van der Waals surface area (Å²) < 4.78 is 38.0. The molecule has 1 aliphatic carbocycles. The highest BCUT2D eigenvalue weighted by Gasteiger charge is 2.32. The summed E-state index contributed by atoms with van der Waals surface area (Å²) in [6.45, 7) is 0. The van der Waals surface area contributed by atoms with Crippen LogP contribution in [0.1, 0.15) is 34.6 Å². The number of fused-ring (bicyclic) bond motifs is 1. The lowest BCUT2D eigenvalue weighted by Gasteiger charge is -2.10. The molecule has 6 nitrogen and oxygen atoms in total.